The molecule has 0 aliphatic carbocycles. The van der Waals surface area contributed by atoms with Crippen LogP contribution in [0.15, 0.2) is 41.4 Å². The molecule has 1 heteroatoms. The number of benzene rings is 2. The number of hydrogen-bond acceptors (Lipinski definition) is 1. The van der Waals surface area contributed by atoms with Gasteiger partial charge in [-0.05, 0) is 16.3 Å². The average molecular weight is 167 g/mol. The van der Waals surface area contributed by atoms with E-state index in [2.05, 4.69) is 41.4 Å². The van der Waals surface area contributed by atoms with Crippen LogP contribution in [0.5, 0.6) is 0 Å². The van der Waals surface area contributed by atoms with Crippen LogP contribution in [0.4, 0.5) is 0 Å². The first-order valence-electron chi connectivity index (χ1n) is 4.45. The van der Waals surface area contributed by atoms with Gasteiger partial charge in [-0.1, -0.05) is 36.4 Å². The van der Waals surface area contributed by atoms with Crippen molar-refractivity contribution >= 4 is 17.0 Å². The van der Waals surface area contributed by atoms with Crippen molar-refractivity contribution in [2.75, 3.05) is 0 Å². The summed E-state index contributed by atoms with van der Waals surface area (Å²) in [5.74, 6) is 0. The van der Waals surface area contributed by atoms with Crippen LogP contribution in [-0.2, 0) is 6.54 Å². The highest BCUT2D eigenvalue weighted by atomic mass is 14.7. The van der Waals surface area contributed by atoms with Crippen molar-refractivity contribution in [3.05, 3.63) is 47.5 Å². The first-order chi connectivity index (χ1) is 6.45. The topological polar surface area (TPSA) is 12.4 Å². The predicted molar refractivity (Wildman–Crippen MR) is 55.2 cm³/mol. The van der Waals surface area contributed by atoms with Gasteiger partial charge in [0.15, 0.2) is 0 Å². The van der Waals surface area contributed by atoms with Gasteiger partial charge in [0, 0.05) is 11.8 Å². The van der Waals surface area contributed by atoms with E-state index in [0.29, 0.717) is 0 Å². The van der Waals surface area contributed by atoms with Crippen LogP contribution >= 0.6 is 0 Å². The van der Waals surface area contributed by atoms with E-state index in [4.69, 9.17) is 0 Å². The first-order valence-corrected chi connectivity index (χ1v) is 4.45. The van der Waals surface area contributed by atoms with E-state index in [9.17, 15) is 0 Å². The Balaban J connectivity index is 2.56. The largest absolute Gasteiger partial charge is 0.288 e. The number of aliphatic imine (C=N–C) groups is 1. The van der Waals surface area contributed by atoms with Crippen LogP contribution in [0.25, 0.3) is 10.8 Å². The lowest BCUT2D eigenvalue weighted by molar-refractivity contribution is 1.08. The maximum Gasteiger partial charge on any atom is 0.0646 e. The molecule has 3 rings (SSSR count). The molecule has 0 saturated heterocycles. The Morgan fingerprint density at radius 2 is 1.85 bits per heavy atom. The minimum atomic E-state index is 0.828. The summed E-state index contributed by atoms with van der Waals surface area (Å²) in [5, 5.41) is 2.70. The molecule has 0 amide bonds. The molecule has 13 heavy (non-hydrogen) atoms. The second-order valence-corrected chi connectivity index (χ2v) is 3.33. The van der Waals surface area contributed by atoms with Crippen molar-refractivity contribution in [3.8, 4) is 0 Å². The summed E-state index contributed by atoms with van der Waals surface area (Å²) >= 11 is 0. The van der Waals surface area contributed by atoms with E-state index in [0.717, 1.165) is 6.54 Å². The highest BCUT2D eigenvalue weighted by molar-refractivity contribution is 6.02. The van der Waals surface area contributed by atoms with Crippen molar-refractivity contribution in [2.24, 2.45) is 4.99 Å². The third-order valence-corrected chi connectivity index (χ3v) is 2.52. The fourth-order valence-corrected chi connectivity index (χ4v) is 1.93. The van der Waals surface area contributed by atoms with Crippen molar-refractivity contribution in [1.29, 1.82) is 0 Å². The Morgan fingerprint density at radius 1 is 1.00 bits per heavy atom. The minimum absolute atomic E-state index is 0.828. The molecule has 1 heterocycles. The van der Waals surface area contributed by atoms with E-state index in [1.165, 1.54) is 21.9 Å². The molecule has 0 spiro atoms. The molecular formula is C12H9N. The van der Waals surface area contributed by atoms with Crippen LogP contribution < -0.4 is 0 Å². The molecule has 0 radical (unpaired) electrons. The summed E-state index contributed by atoms with van der Waals surface area (Å²) < 4.78 is 0. The Morgan fingerprint density at radius 3 is 2.77 bits per heavy atom. The van der Waals surface area contributed by atoms with Gasteiger partial charge in [0.05, 0.1) is 6.54 Å². The third kappa shape index (κ3) is 0.903. The molecule has 0 bridgehead atoms. The normalized spacial score (nSPS) is 13.5. The lowest BCUT2D eigenvalue weighted by atomic mass is 9.98. The van der Waals surface area contributed by atoms with E-state index in [1.54, 1.807) is 0 Å². The summed E-state index contributed by atoms with van der Waals surface area (Å²) in [4.78, 5) is 4.32. The van der Waals surface area contributed by atoms with Gasteiger partial charge < -0.3 is 0 Å². The monoisotopic (exact) mass is 167 g/mol. The Kier molecular flexibility index (Phi) is 1.28. The van der Waals surface area contributed by atoms with Crippen molar-refractivity contribution < 1.29 is 0 Å². The molecule has 2 aromatic carbocycles. The predicted octanol–water partition coefficient (Wildman–Crippen LogP) is 2.77. The number of rotatable bonds is 0. The summed E-state index contributed by atoms with van der Waals surface area (Å²) in [6.45, 7) is 0.828. The molecule has 0 atom stereocenters. The molecule has 0 fully saturated rings. The molecule has 2 aromatic rings. The Hall–Kier alpha value is -1.63. The van der Waals surface area contributed by atoms with Crippen molar-refractivity contribution in [3.63, 3.8) is 0 Å². The summed E-state index contributed by atoms with van der Waals surface area (Å²) in [6.07, 6.45) is 1.97. The highest BCUT2D eigenvalue weighted by Crippen LogP contribution is 2.25. The van der Waals surface area contributed by atoms with Crippen LogP contribution in [-0.4, -0.2) is 6.21 Å². The fourth-order valence-electron chi connectivity index (χ4n) is 1.93. The molecule has 62 valence electrons. The van der Waals surface area contributed by atoms with Crippen molar-refractivity contribution in [2.45, 2.75) is 6.54 Å². The lowest BCUT2D eigenvalue weighted by Crippen LogP contribution is -1.96. The quantitative estimate of drug-likeness (QED) is 0.572. The van der Waals surface area contributed by atoms with Gasteiger partial charge >= 0.3 is 0 Å². The molecule has 0 N–H and O–H groups in total. The molecule has 1 aliphatic heterocycles. The van der Waals surface area contributed by atoms with E-state index in [-0.39, 0.29) is 0 Å². The molecule has 0 aromatic heterocycles. The van der Waals surface area contributed by atoms with Crippen LogP contribution in [0, 0.1) is 0 Å². The average Bonchev–Trinajstić information content (AvgIpc) is 2.19. The maximum atomic E-state index is 4.32. The van der Waals surface area contributed by atoms with E-state index < -0.39 is 0 Å². The van der Waals surface area contributed by atoms with Crippen LogP contribution in [0.2, 0.25) is 0 Å². The van der Waals surface area contributed by atoms with Gasteiger partial charge in [0.2, 0.25) is 0 Å². The second-order valence-electron chi connectivity index (χ2n) is 3.33. The first kappa shape index (κ1) is 6.84. The summed E-state index contributed by atoms with van der Waals surface area (Å²) in [6, 6.07) is 12.8. The Labute approximate surface area is 76.7 Å². The second kappa shape index (κ2) is 2.43. The van der Waals surface area contributed by atoms with Gasteiger partial charge in [-0.2, -0.15) is 0 Å². The highest BCUT2D eigenvalue weighted by Gasteiger charge is 2.06. The van der Waals surface area contributed by atoms with E-state index >= 15 is 0 Å². The number of nitrogens with zero attached hydrogens (tertiary/aromatic N) is 1. The maximum absolute atomic E-state index is 4.32. The zero-order chi connectivity index (χ0) is 8.67. The SMILES string of the molecule is C1=NCc2cccc3cccc1c23. The minimum Gasteiger partial charge on any atom is -0.288 e. The van der Waals surface area contributed by atoms with Crippen LogP contribution in [0.3, 0.4) is 0 Å². The van der Waals surface area contributed by atoms with E-state index in [1.807, 2.05) is 6.21 Å². The lowest BCUT2D eigenvalue weighted by Gasteiger charge is -2.11. The van der Waals surface area contributed by atoms with Crippen LogP contribution in [0.1, 0.15) is 11.1 Å². The van der Waals surface area contributed by atoms with Gasteiger partial charge in [0.1, 0.15) is 0 Å². The summed E-state index contributed by atoms with van der Waals surface area (Å²) in [7, 11) is 0. The smallest absolute Gasteiger partial charge is 0.0646 e. The molecule has 0 saturated carbocycles. The van der Waals surface area contributed by atoms with Gasteiger partial charge in [-0.3, -0.25) is 4.99 Å². The standard InChI is InChI=1S/C12H9N/c1-3-9-4-2-6-11-8-13-7-10(5-1)12(9)11/h1-7H,8H2. The summed E-state index contributed by atoms with van der Waals surface area (Å²) in [5.41, 5.74) is 2.59. The molecule has 1 nitrogen and oxygen atoms in total. The zero-order valence-electron chi connectivity index (χ0n) is 7.20. The fraction of sp³-hybridized carbons (Fsp3) is 0.0833. The zero-order valence-corrected chi connectivity index (χ0v) is 7.20. The molecule has 0 unspecified atom stereocenters. The van der Waals surface area contributed by atoms with Gasteiger partial charge in [0.25, 0.3) is 0 Å². The molecule has 1 aliphatic rings. The third-order valence-electron chi connectivity index (χ3n) is 2.52. The Bertz CT molecular complexity index is 492. The van der Waals surface area contributed by atoms with Gasteiger partial charge in [-0.15, -0.1) is 0 Å². The van der Waals surface area contributed by atoms with Crippen molar-refractivity contribution in [1.82, 2.24) is 0 Å². The molecular weight excluding hydrogens is 158 g/mol. The number of hydrogen-bond donors (Lipinski definition) is 0. The van der Waals surface area contributed by atoms with Gasteiger partial charge in [-0.25, -0.2) is 0 Å².